The molecule has 0 unspecified atom stereocenters. The highest BCUT2D eigenvalue weighted by molar-refractivity contribution is 7.99. The van der Waals surface area contributed by atoms with Crippen molar-refractivity contribution in [2.24, 2.45) is 0 Å². The zero-order chi connectivity index (χ0) is 19.5. The molecule has 4 rings (SSSR count). The fraction of sp³-hybridized carbons (Fsp3) is 0.286. The predicted molar refractivity (Wildman–Crippen MR) is 109 cm³/mol. The molecule has 144 valence electrons. The number of carbonyl (C=O) groups is 1. The first kappa shape index (κ1) is 18.6. The van der Waals surface area contributed by atoms with Gasteiger partial charge in [0.15, 0.2) is 0 Å². The maximum absolute atomic E-state index is 12.8. The molecule has 0 bridgehead atoms. The van der Waals surface area contributed by atoms with Gasteiger partial charge in [0.2, 0.25) is 11.8 Å². The number of aromatic nitrogens is 2. The van der Waals surface area contributed by atoms with E-state index in [4.69, 9.17) is 9.15 Å². The molecule has 7 heteroatoms. The summed E-state index contributed by atoms with van der Waals surface area (Å²) in [4.78, 5) is 14.6. The lowest BCUT2D eigenvalue weighted by Crippen LogP contribution is -2.36. The first-order chi connectivity index (χ1) is 13.7. The Bertz CT molecular complexity index is 971. The summed E-state index contributed by atoms with van der Waals surface area (Å²) in [5, 5.41) is 8.53. The molecular formula is C21H21N3O3S. The van der Waals surface area contributed by atoms with Gasteiger partial charge in [0.25, 0.3) is 5.22 Å². The molecule has 0 radical (unpaired) electrons. The molecule has 2 heterocycles. The van der Waals surface area contributed by atoms with Gasteiger partial charge < -0.3 is 14.1 Å². The molecule has 2 aromatic carbocycles. The number of amides is 1. The third-order valence-electron chi connectivity index (χ3n) is 4.61. The lowest BCUT2D eigenvalue weighted by molar-refractivity contribution is -0.116. The molecular weight excluding hydrogens is 374 g/mol. The highest BCUT2D eigenvalue weighted by Gasteiger charge is 2.30. The van der Waals surface area contributed by atoms with Crippen molar-refractivity contribution in [3.05, 3.63) is 54.1 Å². The minimum Gasteiger partial charge on any atom is -0.494 e. The number of rotatable bonds is 6. The quantitative estimate of drug-likeness (QED) is 0.583. The Balaban J connectivity index is 1.40. The third kappa shape index (κ3) is 3.75. The van der Waals surface area contributed by atoms with Crippen molar-refractivity contribution in [2.75, 3.05) is 17.3 Å². The molecule has 1 aromatic heterocycles. The van der Waals surface area contributed by atoms with Crippen LogP contribution in [0.4, 0.5) is 5.69 Å². The van der Waals surface area contributed by atoms with Crippen molar-refractivity contribution < 1.29 is 13.9 Å². The van der Waals surface area contributed by atoms with Crippen LogP contribution in [0.2, 0.25) is 0 Å². The lowest BCUT2D eigenvalue weighted by Gasteiger charge is -2.22. The number of para-hydroxylation sites is 1. The number of nitrogens with zero attached hydrogens (tertiary/aromatic N) is 3. The Morgan fingerprint density at radius 1 is 1.21 bits per heavy atom. The molecule has 28 heavy (non-hydrogen) atoms. The number of thioether (sulfide) groups is 1. The second kappa shape index (κ2) is 8.06. The van der Waals surface area contributed by atoms with Crippen molar-refractivity contribution >= 4 is 23.4 Å². The van der Waals surface area contributed by atoms with Crippen LogP contribution >= 0.6 is 11.8 Å². The van der Waals surface area contributed by atoms with Gasteiger partial charge in [-0.2, -0.15) is 0 Å². The normalized spacial score (nSPS) is 15.5. The molecule has 0 saturated heterocycles. The van der Waals surface area contributed by atoms with Crippen molar-refractivity contribution in [1.29, 1.82) is 0 Å². The van der Waals surface area contributed by atoms with E-state index in [0.717, 1.165) is 23.4 Å². The molecule has 0 saturated carbocycles. The van der Waals surface area contributed by atoms with Gasteiger partial charge in [0.05, 0.1) is 12.4 Å². The molecule has 0 N–H and O–H groups in total. The number of hydrogen-bond donors (Lipinski definition) is 0. The minimum atomic E-state index is 0.0447. The van der Waals surface area contributed by atoms with E-state index in [9.17, 15) is 4.79 Å². The van der Waals surface area contributed by atoms with Crippen LogP contribution in [-0.4, -0.2) is 34.5 Å². The van der Waals surface area contributed by atoms with Gasteiger partial charge in [0, 0.05) is 17.3 Å². The number of fused-ring (bicyclic) bond motifs is 1. The fourth-order valence-corrected chi connectivity index (χ4v) is 4.01. The number of carbonyl (C=O) groups excluding carboxylic acids is 1. The van der Waals surface area contributed by atoms with Gasteiger partial charge in [-0.25, -0.2) is 0 Å². The van der Waals surface area contributed by atoms with Crippen molar-refractivity contribution in [3.63, 3.8) is 0 Å². The highest BCUT2D eigenvalue weighted by Crippen LogP contribution is 2.33. The average molecular weight is 395 g/mol. The number of ether oxygens (including phenoxy) is 1. The largest absolute Gasteiger partial charge is 0.494 e. The van der Waals surface area contributed by atoms with Gasteiger partial charge in [0.1, 0.15) is 5.75 Å². The summed E-state index contributed by atoms with van der Waals surface area (Å²) in [6.07, 6.45) is 0.884. The summed E-state index contributed by atoms with van der Waals surface area (Å²) in [6.45, 7) is 4.63. The average Bonchev–Trinajstić information content (AvgIpc) is 3.30. The van der Waals surface area contributed by atoms with Crippen LogP contribution in [0.5, 0.6) is 5.75 Å². The maximum Gasteiger partial charge on any atom is 0.277 e. The molecule has 3 aromatic rings. The minimum absolute atomic E-state index is 0.0447. The predicted octanol–water partition coefficient (Wildman–Crippen LogP) is 4.21. The third-order valence-corrected chi connectivity index (χ3v) is 5.42. The van der Waals surface area contributed by atoms with Crippen molar-refractivity contribution in [2.45, 2.75) is 31.5 Å². The van der Waals surface area contributed by atoms with Crippen molar-refractivity contribution in [1.82, 2.24) is 10.2 Å². The van der Waals surface area contributed by atoms with Crippen LogP contribution in [0.3, 0.4) is 0 Å². The SMILES string of the molecule is CCOc1ccc(-c2nnc(SCC(=O)N3c4ccccc4C[C@H]3C)o2)cc1. The van der Waals surface area contributed by atoms with E-state index in [1.165, 1.54) is 17.3 Å². The standard InChI is InChI=1S/C21H21N3O3S/c1-3-26-17-10-8-15(9-11-17)20-22-23-21(27-20)28-13-19(25)24-14(2)12-16-6-4-5-7-18(16)24/h4-11,14H,3,12-13H2,1-2H3/t14-/m1/s1. The Labute approximate surface area is 167 Å². The highest BCUT2D eigenvalue weighted by atomic mass is 32.2. The van der Waals surface area contributed by atoms with Crippen molar-refractivity contribution in [3.8, 4) is 17.2 Å². The first-order valence-electron chi connectivity index (χ1n) is 9.25. The number of hydrogen-bond acceptors (Lipinski definition) is 6. The smallest absolute Gasteiger partial charge is 0.277 e. The molecule has 6 nitrogen and oxygen atoms in total. The first-order valence-corrected chi connectivity index (χ1v) is 10.2. The zero-order valence-corrected chi connectivity index (χ0v) is 16.6. The van der Waals surface area contributed by atoms with E-state index >= 15 is 0 Å². The number of anilines is 1. The molecule has 0 fully saturated rings. The second-order valence-corrected chi connectivity index (χ2v) is 7.49. The van der Waals surface area contributed by atoms with Gasteiger partial charge in [-0.3, -0.25) is 4.79 Å². The van der Waals surface area contributed by atoms with Crippen LogP contribution in [0, 0.1) is 0 Å². The fourth-order valence-electron chi connectivity index (χ4n) is 3.38. The van der Waals surface area contributed by atoms with E-state index in [2.05, 4.69) is 23.2 Å². The summed E-state index contributed by atoms with van der Waals surface area (Å²) in [5.41, 5.74) is 3.03. The van der Waals surface area contributed by atoms with Crippen LogP contribution in [0.1, 0.15) is 19.4 Å². The zero-order valence-electron chi connectivity index (χ0n) is 15.8. The molecule has 1 atom stereocenters. The van der Waals surface area contributed by atoms with Gasteiger partial charge in [-0.1, -0.05) is 30.0 Å². The summed E-state index contributed by atoms with van der Waals surface area (Å²) in [5.74, 6) is 1.52. The number of benzene rings is 2. The molecule has 1 aliphatic rings. The van der Waals surface area contributed by atoms with E-state index in [1.807, 2.05) is 54.3 Å². The lowest BCUT2D eigenvalue weighted by atomic mass is 10.1. The summed E-state index contributed by atoms with van der Waals surface area (Å²) in [6, 6.07) is 15.7. The van der Waals surface area contributed by atoms with E-state index < -0.39 is 0 Å². The van der Waals surface area contributed by atoms with Crippen LogP contribution in [0.15, 0.2) is 58.2 Å². The van der Waals surface area contributed by atoms with Gasteiger partial charge in [-0.05, 0) is 56.2 Å². The maximum atomic E-state index is 12.8. The second-order valence-electron chi connectivity index (χ2n) is 6.56. The van der Waals surface area contributed by atoms with E-state index in [0.29, 0.717) is 17.7 Å². The van der Waals surface area contributed by atoms with E-state index in [1.54, 1.807) is 0 Å². The van der Waals surface area contributed by atoms with Crippen LogP contribution in [0.25, 0.3) is 11.5 Å². The monoisotopic (exact) mass is 395 g/mol. The summed E-state index contributed by atoms with van der Waals surface area (Å²) < 4.78 is 11.1. The summed E-state index contributed by atoms with van der Waals surface area (Å²) >= 11 is 1.26. The van der Waals surface area contributed by atoms with Gasteiger partial charge >= 0.3 is 0 Å². The van der Waals surface area contributed by atoms with Crippen LogP contribution < -0.4 is 9.64 Å². The molecule has 0 aliphatic carbocycles. The molecule has 1 aliphatic heterocycles. The Morgan fingerprint density at radius 2 is 2.00 bits per heavy atom. The van der Waals surface area contributed by atoms with Crippen LogP contribution in [-0.2, 0) is 11.2 Å². The van der Waals surface area contributed by atoms with E-state index in [-0.39, 0.29) is 17.7 Å². The summed E-state index contributed by atoms with van der Waals surface area (Å²) in [7, 11) is 0. The molecule has 1 amide bonds. The van der Waals surface area contributed by atoms with Gasteiger partial charge in [-0.15, -0.1) is 10.2 Å². The topological polar surface area (TPSA) is 68.5 Å². The Morgan fingerprint density at radius 3 is 2.79 bits per heavy atom. The Hall–Kier alpha value is -2.80. The molecule has 0 spiro atoms. The Kier molecular flexibility index (Phi) is 5.34.